The molecule has 0 atom stereocenters. The Hall–Kier alpha value is -1.63. The largest absolute Gasteiger partial charge is 0.444 e. The minimum atomic E-state index is -0.467. The Kier molecular flexibility index (Phi) is 5.75. The lowest BCUT2D eigenvalue weighted by Gasteiger charge is -2.19. The zero-order valence-corrected chi connectivity index (χ0v) is 11.7. The summed E-state index contributed by atoms with van der Waals surface area (Å²) in [5.41, 5.74) is 0.0952. The van der Waals surface area contributed by atoms with E-state index in [4.69, 9.17) is 9.84 Å². The lowest BCUT2D eigenvalue weighted by Crippen LogP contribution is -2.33. The van der Waals surface area contributed by atoms with E-state index in [2.05, 4.69) is 15.6 Å². The summed E-state index contributed by atoms with van der Waals surface area (Å²) in [6, 6.07) is 0. The lowest BCUT2D eigenvalue weighted by molar-refractivity contribution is 0.0527. The normalized spacial score (nSPS) is 11.4. The molecule has 1 amide bonds. The zero-order chi connectivity index (χ0) is 14.3. The van der Waals surface area contributed by atoms with Gasteiger partial charge in [0, 0.05) is 13.1 Å². The summed E-state index contributed by atoms with van der Waals surface area (Å²) in [6.45, 7) is 6.67. The van der Waals surface area contributed by atoms with Crippen LogP contribution in [-0.4, -0.2) is 38.3 Å². The fourth-order valence-electron chi connectivity index (χ4n) is 1.42. The maximum absolute atomic E-state index is 11.3. The van der Waals surface area contributed by atoms with Crippen molar-refractivity contribution in [2.75, 3.05) is 6.54 Å². The van der Waals surface area contributed by atoms with E-state index in [-0.39, 0.29) is 6.61 Å². The Morgan fingerprint density at radius 2 is 2.21 bits per heavy atom. The first-order valence-corrected chi connectivity index (χ1v) is 6.37. The summed E-state index contributed by atoms with van der Waals surface area (Å²) in [5.74, 6) is 0. The number of hydrogen-bond donors (Lipinski definition) is 2. The van der Waals surface area contributed by atoms with Crippen LogP contribution in [0.1, 0.15) is 39.3 Å². The molecule has 1 heterocycles. The molecule has 0 spiro atoms. The molecule has 1 aromatic rings. The van der Waals surface area contributed by atoms with Crippen molar-refractivity contribution in [2.45, 2.75) is 52.4 Å². The topological polar surface area (TPSA) is 89.3 Å². The number of hydrogen-bond acceptors (Lipinski definition) is 5. The molecule has 0 aromatic carbocycles. The van der Waals surface area contributed by atoms with Gasteiger partial charge in [0.25, 0.3) is 0 Å². The quantitative estimate of drug-likeness (QED) is 0.755. The number of aromatic nitrogens is 3. The number of unbranched alkanes of at least 4 members (excludes halogenated alkanes) is 1. The molecule has 2 N–H and O–H groups in total. The number of aryl methyl sites for hydroxylation is 1. The van der Waals surface area contributed by atoms with Crippen LogP contribution >= 0.6 is 0 Å². The van der Waals surface area contributed by atoms with Gasteiger partial charge >= 0.3 is 6.09 Å². The predicted octanol–water partition coefficient (Wildman–Crippen LogP) is 1.08. The second-order valence-corrected chi connectivity index (χ2v) is 5.27. The number of nitrogens with one attached hydrogen (secondary N) is 1. The molecular formula is C12H22N4O3. The maximum atomic E-state index is 11.3. The van der Waals surface area contributed by atoms with Crippen molar-refractivity contribution in [3.05, 3.63) is 11.9 Å². The Morgan fingerprint density at radius 3 is 2.79 bits per heavy atom. The van der Waals surface area contributed by atoms with Gasteiger partial charge in [0.1, 0.15) is 11.3 Å². The van der Waals surface area contributed by atoms with E-state index in [1.807, 2.05) is 20.8 Å². The average Bonchev–Trinajstić information content (AvgIpc) is 2.74. The Bertz CT molecular complexity index is 398. The Labute approximate surface area is 112 Å². The number of carbonyl (C=O) groups excluding carboxylic acids is 1. The molecule has 0 radical (unpaired) electrons. The average molecular weight is 270 g/mol. The number of nitrogens with zero attached hydrogens (tertiary/aromatic N) is 3. The summed E-state index contributed by atoms with van der Waals surface area (Å²) in [5, 5.41) is 19.2. The molecule has 0 fully saturated rings. The Balaban J connectivity index is 2.09. The second-order valence-electron chi connectivity index (χ2n) is 5.27. The number of alkyl carbamates (subject to hydrolysis) is 1. The summed E-state index contributed by atoms with van der Waals surface area (Å²) in [7, 11) is 0. The van der Waals surface area contributed by atoms with Gasteiger partial charge in [-0.05, 0) is 33.6 Å². The number of aliphatic hydroxyl groups is 1. The summed E-state index contributed by atoms with van der Waals surface area (Å²) in [4.78, 5) is 11.3. The highest BCUT2D eigenvalue weighted by atomic mass is 16.6. The molecule has 1 rings (SSSR count). The third kappa shape index (κ3) is 6.76. The number of aliphatic hydroxyl groups excluding tert-OH is 1. The molecule has 108 valence electrons. The van der Waals surface area contributed by atoms with E-state index in [1.54, 1.807) is 10.9 Å². The first-order chi connectivity index (χ1) is 8.90. The molecule has 7 nitrogen and oxygen atoms in total. The van der Waals surface area contributed by atoms with Crippen molar-refractivity contribution in [3.8, 4) is 0 Å². The molecule has 0 aliphatic rings. The molecule has 7 heteroatoms. The van der Waals surface area contributed by atoms with Gasteiger partial charge in [0.15, 0.2) is 0 Å². The van der Waals surface area contributed by atoms with Crippen molar-refractivity contribution in [3.63, 3.8) is 0 Å². The van der Waals surface area contributed by atoms with Gasteiger partial charge < -0.3 is 15.2 Å². The molecule has 0 unspecified atom stereocenters. The summed E-state index contributed by atoms with van der Waals surface area (Å²) in [6.07, 6.45) is 3.01. The van der Waals surface area contributed by atoms with Crippen LogP contribution in [0.15, 0.2) is 6.20 Å². The predicted molar refractivity (Wildman–Crippen MR) is 69.4 cm³/mol. The van der Waals surface area contributed by atoms with Crippen LogP contribution in [0.3, 0.4) is 0 Å². The van der Waals surface area contributed by atoms with Crippen LogP contribution < -0.4 is 5.32 Å². The monoisotopic (exact) mass is 270 g/mol. The van der Waals surface area contributed by atoms with Gasteiger partial charge in [-0.3, -0.25) is 4.68 Å². The smallest absolute Gasteiger partial charge is 0.407 e. The van der Waals surface area contributed by atoms with Gasteiger partial charge in [-0.25, -0.2) is 4.79 Å². The van der Waals surface area contributed by atoms with Crippen LogP contribution in [0.2, 0.25) is 0 Å². The van der Waals surface area contributed by atoms with Crippen LogP contribution in [-0.2, 0) is 17.9 Å². The van der Waals surface area contributed by atoms with Crippen LogP contribution in [0.25, 0.3) is 0 Å². The van der Waals surface area contributed by atoms with Crippen LogP contribution in [0, 0.1) is 0 Å². The van der Waals surface area contributed by atoms with E-state index in [0.29, 0.717) is 18.8 Å². The maximum Gasteiger partial charge on any atom is 0.407 e. The molecule has 1 aromatic heterocycles. The highest BCUT2D eigenvalue weighted by Gasteiger charge is 2.15. The second kappa shape index (κ2) is 7.08. The molecule has 0 saturated heterocycles. The van der Waals surface area contributed by atoms with E-state index < -0.39 is 11.7 Å². The molecular weight excluding hydrogens is 248 g/mol. The molecule has 19 heavy (non-hydrogen) atoms. The van der Waals surface area contributed by atoms with E-state index in [0.717, 1.165) is 12.8 Å². The van der Waals surface area contributed by atoms with Gasteiger partial charge in [-0.1, -0.05) is 5.21 Å². The first kappa shape index (κ1) is 15.4. The van der Waals surface area contributed by atoms with E-state index >= 15 is 0 Å². The fourth-order valence-corrected chi connectivity index (χ4v) is 1.42. The standard InChI is InChI=1S/C12H22N4O3/c1-12(2,3)19-11(18)13-6-4-5-7-16-8-10(9-17)14-15-16/h8,17H,4-7,9H2,1-3H3,(H,13,18). The van der Waals surface area contributed by atoms with Gasteiger partial charge in [-0.15, -0.1) is 5.10 Å². The first-order valence-electron chi connectivity index (χ1n) is 6.37. The number of amides is 1. The third-order valence-corrected chi connectivity index (χ3v) is 2.23. The fraction of sp³-hybridized carbons (Fsp3) is 0.750. The SMILES string of the molecule is CC(C)(C)OC(=O)NCCCCn1cc(CO)nn1. The number of rotatable bonds is 6. The van der Waals surface area contributed by atoms with E-state index in [1.165, 1.54) is 0 Å². The highest BCUT2D eigenvalue weighted by Crippen LogP contribution is 2.06. The number of ether oxygens (including phenoxy) is 1. The summed E-state index contributed by atoms with van der Waals surface area (Å²) >= 11 is 0. The summed E-state index contributed by atoms with van der Waals surface area (Å²) < 4.78 is 6.79. The van der Waals surface area contributed by atoms with Crippen molar-refractivity contribution in [1.29, 1.82) is 0 Å². The van der Waals surface area contributed by atoms with Crippen molar-refractivity contribution in [1.82, 2.24) is 20.3 Å². The van der Waals surface area contributed by atoms with Gasteiger partial charge in [0.2, 0.25) is 0 Å². The van der Waals surface area contributed by atoms with Gasteiger partial charge in [0.05, 0.1) is 12.8 Å². The van der Waals surface area contributed by atoms with Crippen molar-refractivity contribution in [2.24, 2.45) is 0 Å². The van der Waals surface area contributed by atoms with Gasteiger partial charge in [-0.2, -0.15) is 0 Å². The number of carbonyl (C=O) groups is 1. The van der Waals surface area contributed by atoms with Crippen LogP contribution in [0.5, 0.6) is 0 Å². The minimum absolute atomic E-state index is 0.0970. The van der Waals surface area contributed by atoms with Crippen molar-refractivity contribution >= 4 is 6.09 Å². The molecule has 0 saturated carbocycles. The van der Waals surface area contributed by atoms with Crippen molar-refractivity contribution < 1.29 is 14.6 Å². The molecule has 0 aliphatic carbocycles. The minimum Gasteiger partial charge on any atom is -0.444 e. The molecule has 0 bridgehead atoms. The highest BCUT2D eigenvalue weighted by molar-refractivity contribution is 5.67. The van der Waals surface area contributed by atoms with E-state index in [9.17, 15) is 4.79 Å². The Morgan fingerprint density at radius 1 is 1.47 bits per heavy atom. The zero-order valence-electron chi connectivity index (χ0n) is 11.7. The lowest BCUT2D eigenvalue weighted by atomic mass is 10.2. The molecule has 0 aliphatic heterocycles. The third-order valence-electron chi connectivity index (χ3n) is 2.23. The van der Waals surface area contributed by atoms with Crippen LogP contribution in [0.4, 0.5) is 4.79 Å².